The number of ether oxygens (including phenoxy) is 1. The molecule has 0 atom stereocenters. The highest BCUT2D eigenvalue weighted by Gasteiger charge is 2.15. The van der Waals surface area contributed by atoms with Crippen LogP contribution < -0.4 is 10.1 Å². The molecule has 0 spiro atoms. The van der Waals surface area contributed by atoms with Gasteiger partial charge in [-0.3, -0.25) is 4.79 Å². The van der Waals surface area contributed by atoms with Crippen LogP contribution in [0.4, 0.5) is 5.69 Å². The minimum Gasteiger partial charge on any atom is -0.496 e. The molecule has 5 rings (SSSR count). The second-order valence-corrected chi connectivity index (χ2v) is 7.94. The number of hydrogen-bond acceptors (Lipinski definition) is 4. The number of nitrogens with one attached hydrogen (secondary N) is 1. The number of hydrogen-bond donors (Lipinski definition) is 1. The van der Waals surface area contributed by atoms with E-state index >= 15 is 0 Å². The lowest BCUT2D eigenvalue weighted by molar-refractivity contribution is 0.102. The molecule has 0 aliphatic heterocycles. The molecule has 5 aromatic rings. The van der Waals surface area contributed by atoms with Crippen molar-refractivity contribution in [2.24, 2.45) is 0 Å². The second-order valence-electron chi connectivity index (χ2n) is 7.03. The van der Waals surface area contributed by atoms with E-state index in [2.05, 4.69) is 44.4 Å². The number of amides is 1. The number of rotatable bonds is 4. The first-order valence-electron chi connectivity index (χ1n) is 9.66. The van der Waals surface area contributed by atoms with Gasteiger partial charge in [-0.15, -0.1) is 0 Å². The van der Waals surface area contributed by atoms with E-state index in [1.54, 1.807) is 24.3 Å². The lowest BCUT2D eigenvalue weighted by Crippen LogP contribution is -2.13. The average molecular weight is 473 g/mol. The van der Waals surface area contributed by atoms with E-state index in [1.165, 1.54) is 7.11 Å². The van der Waals surface area contributed by atoms with E-state index in [0.29, 0.717) is 34.0 Å². The molecular weight excluding hydrogens is 456 g/mol. The molecular formula is C25H17BrN2O3. The van der Waals surface area contributed by atoms with Gasteiger partial charge in [0.1, 0.15) is 11.3 Å². The summed E-state index contributed by atoms with van der Waals surface area (Å²) in [5.41, 5.74) is 3.31. The summed E-state index contributed by atoms with van der Waals surface area (Å²) >= 11 is 3.40. The van der Waals surface area contributed by atoms with E-state index < -0.39 is 0 Å². The number of carbonyl (C=O) groups excluding carboxylic acids is 1. The van der Waals surface area contributed by atoms with Crippen molar-refractivity contribution >= 4 is 49.4 Å². The summed E-state index contributed by atoms with van der Waals surface area (Å²) in [5, 5.41) is 5.11. The van der Waals surface area contributed by atoms with Crippen LogP contribution in [-0.2, 0) is 0 Å². The van der Waals surface area contributed by atoms with Gasteiger partial charge >= 0.3 is 0 Å². The van der Waals surface area contributed by atoms with Crippen LogP contribution in [0.1, 0.15) is 10.4 Å². The van der Waals surface area contributed by atoms with Crippen molar-refractivity contribution in [3.05, 3.63) is 88.9 Å². The van der Waals surface area contributed by atoms with Gasteiger partial charge in [0.2, 0.25) is 5.89 Å². The Balaban J connectivity index is 1.49. The molecule has 5 nitrogen and oxygen atoms in total. The van der Waals surface area contributed by atoms with Crippen LogP contribution >= 0.6 is 15.9 Å². The lowest BCUT2D eigenvalue weighted by Gasteiger charge is -2.09. The molecule has 0 bridgehead atoms. The first-order chi connectivity index (χ1) is 15.1. The zero-order valence-electron chi connectivity index (χ0n) is 16.6. The monoisotopic (exact) mass is 472 g/mol. The van der Waals surface area contributed by atoms with E-state index in [-0.39, 0.29) is 5.91 Å². The predicted molar refractivity (Wildman–Crippen MR) is 126 cm³/mol. The highest BCUT2D eigenvalue weighted by Crippen LogP contribution is 2.31. The fourth-order valence-electron chi connectivity index (χ4n) is 3.59. The third-order valence-corrected chi connectivity index (χ3v) is 5.56. The molecule has 1 amide bonds. The molecule has 0 saturated carbocycles. The Morgan fingerprint density at radius 1 is 1.00 bits per heavy atom. The Kier molecular flexibility index (Phi) is 4.92. The number of anilines is 1. The fraction of sp³-hybridized carbons (Fsp3) is 0.0400. The Hall–Kier alpha value is -3.64. The number of aromatic nitrogens is 1. The molecule has 0 saturated heterocycles. The largest absolute Gasteiger partial charge is 0.496 e. The molecule has 1 N–H and O–H groups in total. The number of methoxy groups -OCH3 is 1. The van der Waals surface area contributed by atoms with Crippen molar-refractivity contribution in [3.8, 4) is 17.2 Å². The summed E-state index contributed by atoms with van der Waals surface area (Å²) in [6.45, 7) is 0. The van der Waals surface area contributed by atoms with Crippen LogP contribution in [0.2, 0.25) is 0 Å². The van der Waals surface area contributed by atoms with E-state index in [1.807, 2.05) is 36.4 Å². The maximum absolute atomic E-state index is 12.8. The first-order valence-corrected chi connectivity index (χ1v) is 10.5. The molecule has 1 heterocycles. The maximum Gasteiger partial charge on any atom is 0.259 e. The van der Waals surface area contributed by atoms with Gasteiger partial charge in [-0.2, -0.15) is 0 Å². The topological polar surface area (TPSA) is 64.4 Å². The number of benzene rings is 4. The molecule has 0 radical (unpaired) electrons. The molecule has 6 heteroatoms. The van der Waals surface area contributed by atoms with Gasteiger partial charge in [0, 0.05) is 15.7 Å². The average Bonchev–Trinajstić information content (AvgIpc) is 3.22. The molecule has 152 valence electrons. The summed E-state index contributed by atoms with van der Waals surface area (Å²) in [4.78, 5) is 17.5. The molecule has 0 unspecified atom stereocenters. The zero-order chi connectivity index (χ0) is 21.4. The van der Waals surface area contributed by atoms with E-state index in [9.17, 15) is 4.79 Å². The van der Waals surface area contributed by atoms with E-state index in [0.717, 1.165) is 20.8 Å². The molecule has 31 heavy (non-hydrogen) atoms. The third-order valence-electron chi connectivity index (χ3n) is 5.07. The van der Waals surface area contributed by atoms with Crippen molar-refractivity contribution in [2.45, 2.75) is 0 Å². The van der Waals surface area contributed by atoms with Gasteiger partial charge in [-0.25, -0.2) is 4.98 Å². The Labute approximate surface area is 186 Å². The predicted octanol–water partition coefficient (Wildman–Crippen LogP) is 6.67. The number of fused-ring (bicyclic) bond motifs is 2. The van der Waals surface area contributed by atoms with Crippen molar-refractivity contribution in [1.29, 1.82) is 0 Å². The summed E-state index contributed by atoms with van der Waals surface area (Å²) in [5.74, 6) is 0.778. The summed E-state index contributed by atoms with van der Waals surface area (Å²) in [7, 11) is 1.54. The van der Waals surface area contributed by atoms with Crippen molar-refractivity contribution in [3.63, 3.8) is 0 Å². The standard InChI is InChI=1S/C25H17BrN2O3/c1-30-22-11-9-16(26)13-20(22)24(29)27-17-10-12-23-21(14-17)28-25(31-23)19-8-4-6-15-5-2-3-7-18(15)19/h2-14H,1H3,(H,27,29). The van der Waals surface area contributed by atoms with Gasteiger partial charge in [0.05, 0.1) is 12.7 Å². The van der Waals surface area contributed by atoms with Crippen LogP contribution in [0.3, 0.4) is 0 Å². The zero-order valence-corrected chi connectivity index (χ0v) is 18.1. The number of nitrogens with zero attached hydrogens (tertiary/aromatic N) is 1. The fourth-order valence-corrected chi connectivity index (χ4v) is 3.95. The maximum atomic E-state index is 12.8. The van der Waals surface area contributed by atoms with Crippen LogP contribution in [0.5, 0.6) is 5.75 Å². The highest BCUT2D eigenvalue weighted by atomic mass is 79.9. The van der Waals surface area contributed by atoms with Crippen LogP contribution in [0.25, 0.3) is 33.3 Å². The second kappa shape index (κ2) is 7.89. The van der Waals surface area contributed by atoms with Gasteiger partial charge in [-0.05, 0) is 53.2 Å². The quantitative estimate of drug-likeness (QED) is 0.317. The van der Waals surface area contributed by atoms with Gasteiger partial charge < -0.3 is 14.5 Å². The molecule has 0 aliphatic rings. The Morgan fingerprint density at radius 3 is 2.71 bits per heavy atom. The normalized spacial score (nSPS) is 11.0. The Morgan fingerprint density at radius 2 is 1.84 bits per heavy atom. The SMILES string of the molecule is COc1ccc(Br)cc1C(=O)Nc1ccc2oc(-c3cccc4ccccc34)nc2c1. The summed E-state index contributed by atoms with van der Waals surface area (Å²) < 4.78 is 12.1. The lowest BCUT2D eigenvalue weighted by atomic mass is 10.0. The van der Waals surface area contributed by atoms with Crippen molar-refractivity contribution in [2.75, 3.05) is 12.4 Å². The van der Waals surface area contributed by atoms with Crippen LogP contribution in [-0.4, -0.2) is 18.0 Å². The van der Waals surface area contributed by atoms with Gasteiger partial charge in [0.25, 0.3) is 5.91 Å². The van der Waals surface area contributed by atoms with E-state index in [4.69, 9.17) is 9.15 Å². The van der Waals surface area contributed by atoms with Gasteiger partial charge in [0.15, 0.2) is 5.58 Å². The molecule has 4 aromatic carbocycles. The molecule has 0 fully saturated rings. The van der Waals surface area contributed by atoms with Crippen LogP contribution in [0, 0.1) is 0 Å². The van der Waals surface area contributed by atoms with Crippen LogP contribution in [0.15, 0.2) is 87.8 Å². The smallest absolute Gasteiger partial charge is 0.259 e. The first kappa shape index (κ1) is 19.3. The van der Waals surface area contributed by atoms with Gasteiger partial charge in [-0.1, -0.05) is 52.3 Å². The third kappa shape index (κ3) is 3.66. The Bertz CT molecular complexity index is 1440. The summed E-state index contributed by atoms with van der Waals surface area (Å²) in [6, 6.07) is 24.9. The number of oxazole rings is 1. The molecule has 1 aromatic heterocycles. The molecule has 0 aliphatic carbocycles. The van der Waals surface area contributed by atoms with Crippen molar-refractivity contribution in [1.82, 2.24) is 4.98 Å². The minimum atomic E-state index is -0.268. The number of halogens is 1. The minimum absolute atomic E-state index is 0.268. The van der Waals surface area contributed by atoms with Crippen molar-refractivity contribution < 1.29 is 13.9 Å². The summed E-state index contributed by atoms with van der Waals surface area (Å²) in [6.07, 6.45) is 0. The highest BCUT2D eigenvalue weighted by molar-refractivity contribution is 9.10. The number of carbonyl (C=O) groups is 1.